The molecule has 1 N–H and O–H groups in total. The highest BCUT2D eigenvalue weighted by Crippen LogP contribution is 2.54. The Morgan fingerprint density at radius 2 is 2.00 bits per heavy atom. The van der Waals surface area contributed by atoms with Crippen molar-refractivity contribution >= 4 is 23.0 Å². The van der Waals surface area contributed by atoms with Gasteiger partial charge in [0.15, 0.2) is 0 Å². The minimum absolute atomic E-state index is 0.0423. The standard InChI is InChI=1S/C19H17ClN2O3/c1-25-16-10-9-15(20)17-13-3-2-4-14(13)18(21-19(16)17)11-5-7-12(8-6-11)22(23)24/h2-3,5-10,13-14,18,21H,4H2,1H3/t13-,14+,18-/m1/s1. The van der Waals surface area contributed by atoms with Crippen LogP contribution in [0, 0.1) is 16.0 Å². The molecule has 0 aromatic heterocycles. The highest BCUT2D eigenvalue weighted by molar-refractivity contribution is 6.32. The molecule has 0 amide bonds. The first kappa shape index (κ1) is 16.0. The third-order valence-electron chi connectivity index (χ3n) is 5.11. The maximum atomic E-state index is 10.9. The van der Waals surface area contributed by atoms with E-state index in [2.05, 4.69) is 17.5 Å². The van der Waals surface area contributed by atoms with Crippen LogP contribution in [0.4, 0.5) is 11.4 Å². The van der Waals surface area contributed by atoms with Crippen LogP contribution in [0.1, 0.15) is 29.5 Å². The summed E-state index contributed by atoms with van der Waals surface area (Å²) in [4.78, 5) is 10.5. The van der Waals surface area contributed by atoms with Gasteiger partial charge in [0.1, 0.15) is 5.75 Å². The SMILES string of the molecule is COc1ccc(Cl)c2c1N[C@H](c1ccc([N+](=O)[O-])cc1)[C@H]1CC=C[C@@H]21. The van der Waals surface area contributed by atoms with Crippen molar-refractivity contribution in [2.24, 2.45) is 5.92 Å². The monoisotopic (exact) mass is 356 g/mol. The number of non-ortho nitro benzene ring substituents is 1. The van der Waals surface area contributed by atoms with Gasteiger partial charge in [0.2, 0.25) is 0 Å². The largest absolute Gasteiger partial charge is 0.495 e. The van der Waals surface area contributed by atoms with Gasteiger partial charge in [-0.2, -0.15) is 0 Å². The predicted octanol–water partition coefficient (Wildman–Crippen LogP) is 5.08. The zero-order valence-corrected chi connectivity index (χ0v) is 14.4. The van der Waals surface area contributed by atoms with Crippen molar-refractivity contribution in [1.82, 2.24) is 0 Å². The molecule has 25 heavy (non-hydrogen) atoms. The Kier molecular flexibility index (Phi) is 3.88. The molecule has 1 aliphatic heterocycles. The number of allylic oxidation sites excluding steroid dienone is 2. The van der Waals surface area contributed by atoms with Gasteiger partial charge in [-0.15, -0.1) is 0 Å². The molecule has 0 fully saturated rings. The Balaban J connectivity index is 1.79. The maximum absolute atomic E-state index is 10.9. The molecule has 3 atom stereocenters. The summed E-state index contributed by atoms with van der Waals surface area (Å²) in [5.74, 6) is 1.28. The van der Waals surface area contributed by atoms with Gasteiger partial charge in [-0.3, -0.25) is 10.1 Å². The van der Waals surface area contributed by atoms with Gasteiger partial charge in [-0.25, -0.2) is 0 Å². The number of anilines is 1. The van der Waals surface area contributed by atoms with Crippen LogP contribution in [-0.2, 0) is 0 Å². The van der Waals surface area contributed by atoms with Gasteiger partial charge >= 0.3 is 0 Å². The van der Waals surface area contributed by atoms with Gasteiger partial charge in [-0.05, 0) is 30.0 Å². The van der Waals surface area contributed by atoms with E-state index in [0.29, 0.717) is 5.92 Å². The Morgan fingerprint density at radius 3 is 2.68 bits per heavy atom. The number of nitrogens with one attached hydrogen (secondary N) is 1. The lowest BCUT2D eigenvalue weighted by atomic mass is 9.77. The molecule has 0 saturated carbocycles. The van der Waals surface area contributed by atoms with E-state index in [-0.39, 0.29) is 22.6 Å². The molecule has 1 heterocycles. The number of rotatable bonds is 3. The summed E-state index contributed by atoms with van der Waals surface area (Å²) in [7, 11) is 1.64. The number of ether oxygens (including phenoxy) is 1. The van der Waals surface area contributed by atoms with Crippen LogP contribution in [0.15, 0.2) is 48.6 Å². The normalized spacial score (nSPS) is 23.5. The van der Waals surface area contributed by atoms with Crippen molar-refractivity contribution in [1.29, 1.82) is 0 Å². The van der Waals surface area contributed by atoms with Crippen molar-refractivity contribution in [3.63, 3.8) is 0 Å². The topological polar surface area (TPSA) is 64.4 Å². The van der Waals surface area contributed by atoms with Gasteiger partial charge in [-0.1, -0.05) is 35.9 Å². The van der Waals surface area contributed by atoms with Crippen molar-refractivity contribution in [2.45, 2.75) is 18.4 Å². The van der Waals surface area contributed by atoms with E-state index in [0.717, 1.165) is 34.0 Å². The molecule has 1 aliphatic carbocycles. The summed E-state index contributed by atoms with van der Waals surface area (Å²) >= 11 is 6.48. The van der Waals surface area contributed by atoms with Crippen LogP contribution < -0.4 is 10.1 Å². The van der Waals surface area contributed by atoms with E-state index in [1.165, 1.54) is 0 Å². The van der Waals surface area contributed by atoms with E-state index in [4.69, 9.17) is 16.3 Å². The summed E-state index contributed by atoms with van der Waals surface area (Å²) in [5, 5.41) is 15.2. The lowest BCUT2D eigenvalue weighted by Crippen LogP contribution is -2.29. The van der Waals surface area contributed by atoms with Crippen LogP contribution in [0.2, 0.25) is 5.02 Å². The summed E-state index contributed by atoms with van der Waals surface area (Å²) < 4.78 is 5.52. The van der Waals surface area contributed by atoms with Crippen LogP contribution in [0.25, 0.3) is 0 Å². The highest BCUT2D eigenvalue weighted by Gasteiger charge is 2.40. The van der Waals surface area contributed by atoms with Crippen molar-refractivity contribution < 1.29 is 9.66 Å². The second kappa shape index (κ2) is 6.08. The van der Waals surface area contributed by atoms with E-state index >= 15 is 0 Å². The number of nitro benzene ring substituents is 1. The molecule has 0 unspecified atom stereocenters. The molecule has 0 bridgehead atoms. The van der Waals surface area contributed by atoms with Gasteiger partial charge in [0, 0.05) is 28.6 Å². The number of nitro groups is 1. The maximum Gasteiger partial charge on any atom is 0.269 e. The third kappa shape index (κ3) is 2.55. The van der Waals surface area contributed by atoms with E-state index in [1.807, 2.05) is 24.3 Å². The van der Waals surface area contributed by atoms with Crippen LogP contribution >= 0.6 is 11.6 Å². The lowest BCUT2D eigenvalue weighted by molar-refractivity contribution is -0.384. The second-order valence-corrected chi connectivity index (χ2v) is 6.77. The Bertz CT molecular complexity index is 864. The number of benzene rings is 2. The average Bonchev–Trinajstić information content (AvgIpc) is 3.11. The molecule has 5 nitrogen and oxygen atoms in total. The molecule has 0 saturated heterocycles. The zero-order chi connectivity index (χ0) is 17.6. The number of hydrogen-bond donors (Lipinski definition) is 1. The van der Waals surface area contributed by atoms with E-state index in [9.17, 15) is 10.1 Å². The molecular formula is C19H17ClN2O3. The molecule has 2 aromatic rings. The average molecular weight is 357 g/mol. The first-order chi connectivity index (χ1) is 12.1. The fraction of sp³-hybridized carbons (Fsp3) is 0.263. The number of methoxy groups -OCH3 is 1. The van der Waals surface area contributed by atoms with Crippen LogP contribution in [0.3, 0.4) is 0 Å². The van der Waals surface area contributed by atoms with Gasteiger partial charge in [0.25, 0.3) is 5.69 Å². The van der Waals surface area contributed by atoms with Gasteiger partial charge in [0.05, 0.1) is 23.8 Å². The Hall–Kier alpha value is -2.53. The van der Waals surface area contributed by atoms with Crippen molar-refractivity contribution in [2.75, 3.05) is 12.4 Å². The molecule has 2 aromatic carbocycles. The second-order valence-electron chi connectivity index (χ2n) is 6.36. The minimum atomic E-state index is -0.379. The summed E-state index contributed by atoms with van der Waals surface area (Å²) in [6.07, 6.45) is 5.32. The molecule has 6 heteroatoms. The summed E-state index contributed by atoms with van der Waals surface area (Å²) in [5.41, 5.74) is 3.10. The zero-order valence-electron chi connectivity index (χ0n) is 13.6. The number of fused-ring (bicyclic) bond motifs is 3. The van der Waals surface area contributed by atoms with Crippen LogP contribution in [0.5, 0.6) is 5.75 Å². The molecular weight excluding hydrogens is 340 g/mol. The number of halogens is 1. The molecule has 0 spiro atoms. The highest BCUT2D eigenvalue weighted by atomic mass is 35.5. The number of nitrogens with zero attached hydrogens (tertiary/aromatic N) is 1. The van der Waals surface area contributed by atoms with Crippen molar-refractivity contribution in [3.8, 4) is 5.75 Å². The first-order valence-electron chi connectivity index (χ1n) is 8.14. The Morgan fingerprint density at radius 1 is 1.24 bits per heavy atom. The minimum Gasteiger partial charge on any atom is -0.495 e. The van der Waals surface area contributed by atoms with Crippen LogP contribution in [-0.4, -0.2) is 12.0 Å². The Labute approximate surface area is 150 Å². The first-order valence-corrected chi connectivity index (χ1v) is 8.52. The number of hydrogen-bond acceptors (Lipinski definition) is 4. The quantitative estimate of drug-likeness (QED) is 0.473. The molecule has 128 valence electrons. The smallest absolute Gasteiger partial charge is 0.269 e. The predicted molar refractivity (Wildman–Crippen MR) is 97.5 cm³/mol. The summed E-state index contributed by atoms with van der Waals surface area (Å²) in [6.45, 7) is 0. The van der Waals surface area contributed by atoms with Crippen molar-refractivity contribution in [3.05, 3.63) is 74.8 Å². The molecule has 0 radical (unpaired) electrons. The fourth-order valence-electron chi connectivity index (χ4n) is 3.94. The third-order valence-corrected chi connectivity index (χ3v) is 5.44. The lowest BCUT2D eigenvalue weighted by Gasteiger charge is -2.38. The van der Waals surface area contributed by atoms with E-state index < -0.39 is 0 Å². The van der Waals surface area contributed by atoms with Gasteiger partial charge < -0.3 is 10.1 Å². The van der Waals surface area contributed by atoms with E-state index in [1.54, 1.807) is 19.2 Å². The fourth-order valence-corrected chi connectivity index (χ4v) is 4.22. The summed E-state index contributed by atoms with van der Waals surface area (Å²) in [6, 6.07) is 10.5. The molecule has 2 aliphatic rings. The molecule has 4 rings (SSSR count).